The summed E-state index contributed by atoms with van der Waals surface area (Å²) in [4.78, 5) is 30.9. The van der Waals surface area contributed by atoms with Gasteiger partial charge in [-0.15, -0.1) is 20.1 Å². The number of nitrogens with zero attached hydrogens (tertiary/aromatic N) is 4. The average Bonchev–Trinajstić information content (AvgIpc) is 3.39. The van der Waals surface area contributed by atoms with Gasteiger partial charge in [-0.05, 0) is 115 Å². The Morgan fingerprint density at radius 2 is 0.875 bits per heavy atom. The number of hydrogen-bond donors (Lipinski definition) is 0. The standard InChI is InChI=1S/C58H42N4S2/c1-7-23-43(24-8-1)63(44-25-9-2-10-26-44,45-27-11-3-12-28-45)55-41-53(51-35-19-21-39-59-51)61-57-49(55)37-38-50-56(42-54(62-58(50)57)52-36-20-22-40-60-52)64(46-29-13-4-14-30-46,47-31-15-5-16-32-47)48-33-17-6-18-34-48/h1-2,4-5,7-11,13-17,19-42H,3,12H2. The first-order valence-electron chi connectivity index (χ1n) is 21.5. The Balaban J connectivity index is 1.36. The average molecular weight is 859 g/mol. The molecule has 0 saturated heterocycles. The summed E-state index contributed by atoms with van der Waals surface area (Å²) in [7, 11) is -4.34. The topological polar surface area (TPSA) is 51.6 Å². The van der Waals surface area contributed by atoms with Gasteiger partial charge in [-0.2, -0.15) is 0 Å². The van der Waals surface area contributed by atoms with Crippen molar-refractivity contribution in [1.29, 1.82) is 0 Å². The minimum atomic E-state index is -2.21. The number of rotatable bonds is 10. The van der Waals surface area contributed by atoms with Crippen molar-refractivity contribution in [3.8, 4) is 22.8 Å². The van der Waals surface area contributed by atoms with E-state index in [1.807, 2.05) is 42.7 Å². The van der Waals surface area contributed by atoms with Crippen LogP contribution in [0.5, 0.6) is 0 Å². The smallest absolute Gasteiger partial charge is 0.0984 e. The lowest BCUT2D eigenvalue weighted by Crippen LogP contribution is -2.10. The van der Waals surface area contributed by atoms with Gasteiger partial charge in [-0.3, -0.25) is 9.97 Å². The monoisotopic (exact) mass is 858 g/mol. The highest BCUT2D eigenvalue weighted by molar-refractivity contribution is 8.37. The maximum absolute atomic E-state index is 5.68. The Bertz CT molecular complexity index is 3300. The molecule has 4 aromatic heterocycles. The lowest BCUT2D eigenvalue weighted by Gasteiger charge is -2.44. The first-order chi connectivity index (χ1) is 31.8. The molecule has 6 heteroatoms. The number of benzene rings is 5. The highest BCUT2D eigenvalue weighted by atomic mass is 32.3. The highest BCUT2D eigenvalue weighted by Crippen LogP contribution is 2.77. The van der Waals surface area contributed by atoms with Crippen molar-refractivity contribution in [1.82, 2.24) is 19.9 Å². The molecule has 0 atom stereocenters. The van der Waals surface area contributed by atoms with E-state index in [-0.39, 0.29) is 0 Å². The van der Waals surface area contributed by atoms with Crippen molar-refractivity contribution in [2.24, 2.45) is 0 Å². The van der Waals surface area contributed by atoms with Gasteiger partial charge in [0, 0.05) is 63.5 Å². The van der Waals surface area contributed by atoms with Crippen LogP contribution in [-0.2, 0) is 0 Å². The van der Waals surface area contributed by atoms with Crippen molar-refractivity contribution >= 4 is 41.9 Å². The number of pyridine rings is 4. The van der Waals surface area contributed by atoms with Crippen molar-refractivity contribution in [2.45, 2.75) is 42.2 Å². The number of allylic oxidation sites excluding steroid dienone is 6. The largest absolute Gasteiger partial charge is 0.255 e. The molecule has 11 rings (SSSR count). The summed E-state index contributed by atoms with van der Waals surface area (Å²) in [6.45, 7) is 0. The van der Waals surface area contributed by atoms with Gasteiger partial charge in [0.1, 0.15) is 0 Å². The predicted molar refractivity (Wildman–Crippen MR) is 265 cm³/mol. The molecule has 0 amide bonds. The van der Waals surface area contributed by atoms with Crippen LogP contribution in [0.3, 0.4) is 0 Å². The summed E-state index contributed by atoms with van der Waals surface area (Å²) in [5.41, 5.74) is 11.3. The summed E-state index contributed by atoms with van der Waals surface area (Å²) in [5, 5.41) is 2.07. The van der Waals surface area contributed by atoms with Gasteiger partial charge in [0.05, 0.1) is 33.8 Å². The number of aromatic nitrogens is 4. The molecular weight excluding hydrogens is 817 g/mol. The minimum absolute atomic E-state index is 0.778. The SMILES string of the molecule is C1=C=CC(S(c2ccccc2)(c2ccccc2)c2cc(-c3ccccn3)nc3c2ccc2c(S(C4=CCCC=C4)(c4ccccc4)c4ccccc4)cc(-c4ccccn4)nc23)=CC=1. The van der Waals surface area contributed by atoms with E-state index < -0.39 is 20.1 Å². The van der Waals surface area contributed by atoms with E-state index in [9.17, 15) is 0 Å². The van der Waals surface area contributed by atoms with Crippen LogP contribution in [0.25, 0.3) is 44.6 Å². The van der Waals surface area contributed by atoms with Crippen molar-refractivity contribution < 1.29 is 0 Å². The third-order valence-electron chi connectivity index (χ3n) is 11.9. The molecule has 0 saturated carbocycles. The Hall–Kier alpha value is -7.56. The summed E-state index contributed by atoms with van der Waals surface area (Å²) >= 11 is 0. The Morgan fingerprint density at radius 3 is 1.27 bits per heavy atom. The minimum Gasteiger partial charge on any atom is -0.255 e. The Kier molecular flexibility index (Phi) is 10.4. The molecule has 0 N–H and O–H groups in total. The number of fused-ring (bicyclic) bond motifs is 3. The molecule has 5 aromatic carbocycles. The molecule has 0 radical (unpaired) electrons. The molecule has 0 fully saturated rings. The normalized spacial score (nSPS) is 14.1. The third kappa shape index (κ3) is 6.60. The molecule has 64 heavy (non-hydrogen) atoms. The predicted octanol–water partition coefficient (Wildman–Crippen LogP) is 15.5. The molecule has 0 bridgehead atoms. The maximum atomic E-state index is 5.68. The van der Waals surface area contributed by atoms with Crippen molar-refractivity contribution in [2.75, 3.05) is 0 Å². The zero-order valence-electron chi connectivity index (χ0n) is 35.0. The summed E-state index contributed by atoms with van der Waals surface area (Å²) in [6, 6.07) is 65.3. The molecule has 2 aliphatic carbocycles. The molecule has 0 unspecified atom stereocenters. The van der Waals surface area contributed by atoms with Crippen LogP contribution < -0.4 is 0 Å². The zero-order valence-corrected chi connectivity index (χ0v) is 36.6. The van der Waals surface area contributed by atoms with E-state index in [1.165, 1.54) is 29.4 Å². The van der Waals surface area contributed by atoms with Crippen molar-refractivity contribution in [3.63, 3.8) is 0 Å². The van der Waals surface area contributed by atoms with Gasteiger partial charge in [0.2, 0.25) is 0 Å². The molecule has 2 aliphatic rings. The van der Waals surface area contributed by atoms with Crippen LogP contribution in [0.1, 0.15) is 12.8 Å². The van der Waals surface area contributed by atoms with E-state index >= 15 is 0 Å². The summed E-state index contributed by atoms with van der Waals surface area (Å²) in [6.07, 6.45) is 19.1. The Labute approximate surface area is 376 Å². The molecule has 4 nitrogen and oxygen atoms in total. The lowest BCUT2D eigenvalue weighted by molar-refractivity contribution is 1.03. The van der Waals surface area contributed by atoms with E-state index in [2.05, 4.69) is 200 Å². The second kappa shape index (κ2) is 17.0. The summed E-state index contributed by atoms with van der Waals surface area (Å²) < 4.78 is 0. The second-order valence-corrected chi connectivity index (χ2v) is 21.7. The van der Waals surface area contributed by atoms with Gasteiger partial charge >= 0.3 is 0 Å². The van der Waals surface area contributed by atoms with Crippen LogP contribution >= 0.6 is 20.1 Å². The first kappa shape index (κ1) is 39.3. The van der Waals surface area contributed by atoms with Gasteiger partial charge in [-0.1, -0.05) is 127 Å². The van der Waals surface area contributed by atoms with Gasteiger partial charge < -0.3 is 0 Å². The molecule has 0 aliphatic heterocycles. The fraction of sp³-hybridized carbons (Fsp3) is 0.0345. The molecule has 306 valence electrons. The third-order valence-corrected chi connectivity index (χ3v) is 19.8. The van der Waals surface area contributed by atoms with Gasteiger partial charge in [0.25, 0.3) is 0 Å². The second-order valence-electron chi connectivity index (χ2n) is 15.5. The van der Waals surface area contributed by atoms with Crippen LogP contribution in [0, 0.1) is 0 Å². The van der Waals surface area contributed by atoms with Crippen LogP contribution in [0.2, 0.25) is 0 Å². The van der Waals surface area contributed by atoms with E-state index in [4.69, 9.17) is 19.9 Å². The molecular formula is C58H42N4S2. The Morgan fingerprint density at radius 1 is 0.422 bits per heavy atom. The van der Waals surface area contributed by atoms with Crippen molar-refractivity contribution in [3.05, 3.63) is 252 Å². The molecule has 0 spiro atoms. The first-order valence-corrected chi connectivity index (χ1v) is 24.8. The van der Waals surface area contributed by atoms with Gasteiger partial charge in [0.15, 0.2) is 0 Å². The van der Waals surface area contributed by atoms with E-state index in [0.29, 0.717) is 0 Å². The quantitative estimate of drug-likeness (QED) is 0.102. The highest BCUT2D eigenvalue weighted by Gasteiger charge is 2.39. The molecule has 9 aromatic rings. The van der Waals surface area contributed by atoms with Crippen LogP contribution in [-0.4, -0.2) is 19.9 Å². The van der Waals surface area contributed by atoms with Crippen LogP contribution in [0.15, 0.2) is 281 Å². The lowest BCUT2D eigenvalue weighted by atomic mass is 10.1. The maximum Gasteiger partial charge on any atom is 0.0984 e. The zero-order chi connectivity index (χ0) is 42.8. The van der Waals surface area contributed by atoms with E-state index in [1.54, 1.807) is 0 Å². The molecule has 4 heterocycles. The fourth-order valence-electron chi connectivity index (χ4n) is 9.13. The van der Waals surface area contributed by atoms with Gasteiger partial charge in [-0.25, -0.2) is 9.97 Å². The van der Waals surface area contributed by atoms with Crippen LogP contribution in [0.4, 0.5) is 0 Å². The summed E-state index contributed by atoms with van der Waals surface area (Å²) in [5.74, 6) is 0. The fourth-order valence-corrected chi connectivity index (χ4v) is 17.3. The number of hydrogen-bond acceptors (Lipinski definition) is 4. The van der Waals surface area contributed by atoms with E-state index in [0.717, 1.165) is 67.2 Å².